The third-order valence-corrected chi connectivity index (χ3v) is 3.10. The fraction of sp³-hybridized carbons (Fsp3) is 0.429. The summed E-state index contributed by atoms with van der Waals surface area (Å²) in [5.74, 6) is 0.591. The Kier molecular flexibility index (Phi) is 3.69. The minimum absolute atomic E-state index is 0.450. The molecule has 17 heavy (non-hydrogen) atoms. The van der Waals surface area contributed by atoms with Gasteiger partial charge in [0, 0.05) is 18.7 Å². The lowest BCUT2D eigenvalue weighted by Gasteiger charge is -2.19. The normalized spacial score (nSPS) is 13.2. The first-order valence-corrected chi connectivity index (χ1v) is 6.08. The van der Waals surface area contributed by atoms with Crippen molar-refractivity contribution in [2.24, 2.45) is 5.92 Å². The van der Waals surface area contributed by atoms with Gasteiger partial charge in [-0.25, -0.2) is 4.98 Å². The maximum absolute atomic E-state index is 4.64. The van der Waals surface area contributed by atoms with Gasteiger partial charge in [-0.05, 0) is 25.1 Å². The molecular formula is C14H19N3. The highest BCUT2D eigenvalue weighted by molar-refractivity contribution is 5.73. The van der Waals surface area contributed by atoms with Gasteiger partial charge in [-0.2, -0.15) is 0 Å². The Morgan fingerprint density at radius 1 is 1.18 bits per heavy atom. The van der Waals surface area contributed by atoms with E-state index in [1.54, 1.807) is 0 Å². The van der Waals surface area contributed by atoms with Crippen molar-refractivity contribution in [3.63, 3.8) is 0 Å². The highest BCUT2D eigenvalue weighted by Crippen LogP contribution is 2.12. The maximum Gasteiger partial charge on any atom is 0.0890 e. The summed E-state index contributed by atoms with van der Waals surface area (Å²) in [5.41, 5.74) is 2.99. The van der Waals surface area contributed by atoms with E-state index in [0.717, 1.165) is 23.1 Å². The molecule has 3 heteroatoms. The van der Waals surface area contributed by atoms with E-state index in [4.69, 9.17) is 0 Å². The predicted molar refractivity (Wildman–Crippen MR) is 70.9 cm³/mol. The van der Waals surface area contributed by atoms with Crippen molar-refractivity contribution in [2.75, 3.05) is 7.05 Å². The molecule has 1 atom stereocenters. The molecule has 0 aliphatic carbocycles. The Morgan fingerprint density at radius 3 is 2.53 bits per heavy atom. The first-order valence-electron chi connectivity index (χ1n) is 6.08. The quantitative estimate of drug-likeness (QED) is 0.875. The van der Waals surface area contributed by atoms with Gasteiger partial charge < -0.3 is 5.32 Å². The van der Waals surface area contributed by atoms with Crippen molar-refractivity contribution in [1.29, 1.82) is 0 Å². The van der Waals surface area contributed by atoms with Crippen molar-refractivity contribution >= 4 is 11.0 Å². The number of hydrogen-bond acceptors (Lipinski definition) is 3. The molecule has 0 fully saturated rings. The lowest BCUT2D eigenvalue weighted by Crippen LogP contribution is -2.33. The minimum atomic E-state index is 0.450. The van der Waals surface area contributed by atoms with E-state index in [1.165, 1.54) is 0 Å². The highest BCUT2D eigenvalue weighted by Gasteiger charge is 2.12. The van der Waals surface area contributed by atoms with E-state index >= 15 is 0 Å². The first kappa shape index (κ1) is 12.0. The third kappa shape index (κ3) is 2.80. The standard InChI is InChI=1S/C14H19N3/c1-10(2)14(15-3)8-11-9-16-12-6-4-5-7-13(12)17-11/h4-7,9-10,14-15H,8H2,1-3H3. The predicted octanol–water partition coefficient (Wildman–Crippen LogP) is 2.42. The van der Waals surface area contributed by atoms with Crippen LogP contribution < -0.4 is 5.32 Å². The SMILES string of the molecule is CNC(Cc1cnc2ccccc2n1)C(C)C. The Labute approximate surface area is 102 Å². The van der Waals surface area contributed by atoms with Gasteiger partial charge in [-0.15, -0.1) is 0 Å². The van der Waals surface area contributed by atoms with Crippen LogP contribution in [0.2, 0.25) is 0 Å². The second kappa shape index (κ2) is 5.23. The second-order valence-electron chi connectivity index (χ2n) is 4.69. The Balaban J connectivity index is 2.24. The summed E-state index contributed by atoms with van der Waals surface area (Å²) < 4.78 is 0. The molecule has 1 aromatic carbocycles. The number of nitrogens with one attached hydrogen (secondary N) is 1. The molecule has 3 nitrogen and oxygen atoms in total. The van der Waals surface area contributed by atoms with E-state index in [1.807, 2.05) is 37.5 Å². The van der Waals surface area contributed by atoms with Crippen LogP contribution in [-0.2, 0) is 6.42 Å². The maximum atomic E-state index is 4.64. The van der Waals surface area contributed by atoms with E-state index < -0.39 is 0 Å². The van der Waals surface area contributed by atoms with Crippen LogP contribution in [0.4, 0.5) is 0 Å². The lowest BCUT2D eigenvalue weighted by atomic mass is 10.00. The molecule has 1 heterocycles. The molecular weight excluding hydrogens is 210 g/mol. The average Bonchev–Trinajstić information content (AvgIpc) is 2.35. The van der Waals surface area contributed by atoms with Crippen LogP contribution in [0, 0.1) is 5.92 Å². The van der Waals surface area contributed by atoms with Gasteiger partial charge in [0.05, 0.1) is 16.7 Å². The summed E-state index contributed by atoms with van der Waals surface area (Å²) in [6.45, 7) is 4.44. The van der Waals surface area contributed by atoms with Crippen molar-refractivity contribution < 1.29 is 0 Å². The first-order chi connectivity index (χ1) is 8.20. The summed E-state index contributed by atoms with van der Waals surface area (Å²) in [4.78, 5) is 9.08. The molecule has 90 valence electrons. The molecule has 2 rings (SSSR count). The van der Waals surface area contributed by atoms with Gasteiger partial charge in [0.25, 0.3) is 0 Å². The van der Waals surface area contributed by atoms with Gasteiger partial charge in [0.15, 0.2) is 0 Å². The zero-order valence-corrected chi connectivity index (χ0v) is 10.6. The van der Waals surface area contributed by atoms with Crippen molar-refractivity contribution in [3.8, 4) is 0 Å². The van der Waals surface area contributed by atoms with Crippen LogP contribution in [0.3, 0.4) is 0 Å². The molecule has 1 aromatic heterocycles. The number of benzene rings is 1. The number of aromatic nitrogens is 2. The largest absolute Gasteiger partial charge is 0.316 e. The molecule has 1 N–H and O–H groups in total. The summed E-state index contributed by atoms with van der Waals surface area (Å²) in [7, 11) is 2.00. The van der Waals surface area contributed by atoms with Crippen LogP contribution in [0.15, 0.2) is 30.5 Å². The molecule has 2 aromatic rings. The summed E-state index contributed by atoms with van der Waals surface area (Å²) in [5, 5.41) is 3.33. The van der Waals surface area contributed by atoms with Crippen LogP contribution in [0.25, 0.3) is 11.0 Å². The van der Waals surface area contributed by atoms with Gasteiger partial charge in [0.2, 0.25) is 0 Å². The van der Waals surface area contributed by atoms with E-state index in [0.29, 0.717) is 12.0 Å². The van der Waals surface area contributed by atoms with E-state index in [9.17, 15) is 0 Å². The van der Waals surface area contributed by atoms with Crippen molar-refractivity contribution in [3.05, 3.63) is 36.2 Å². The summed E-state index contributed by atoms with van der Waals surface area (Å²) in [6, 6.07) is 8.44. The monoisotopic (exact) mass is 229 g/mol. The molecule has 0 bridgehead atoms. The van der Waals surface area contributed by atoms with Crippen molar-refractivity contribution in [1.82, 2.24) is 15.3 Å². The van der Waals surface area contributed by atoms with Crippen molar-refractivity contribution in [2.45, 2.75) is 26.3 Å². The number of para-hydroxylation sites is 2. The smallest absolute Gasteiger partial charge is 0.0890 e. The fourth-order valence-corrected chi connectivity index (χ4v) is 1.99. The molecule has 0 saturated carbocycles. The molecule has 0 aliphatic rings. The molecule has 0 aliphatic heterocycles. The summed E-state index contributed by atoms with van der Waals surface area (Å²) >= 11 is 0. The van der Waals surface area contributed by atoms with Crippen LogP contribution in [-0.4, -0.2) is 23.1 Å². The average molecular weight is 229 g/mol. The highest BCUT2D eigenvalue weighted by atomic mass is 14.9. The van der Waals surface area contributed by atoms with Crippen LogP contribution in [0.1, 0.15) is 19.5 Å². The number of rotatable bonds is 4. The van der Waals surface area contributed by atoms with E-state index in [2.05, 4.69) is 29.1 Å². The van der Waals surface area contributed by atoms with E-state index in [-0.39, 0.29) is 0 Å². The number of nitrogens with zero attached hydrogens (tertiary/aromatic N) is 2. The fourth-order valence-electron chi connectivity index (χ4n) is 1.99. The zero-order chi connectivity index (χ0) is 12.3. The van der Waals surface area contributed by atoms with Gasteiger partial charge >= 0.3 is 0 Å². The second-order valence-corrected chi connectivity index (χ2v) is 4.69. The molecule has 0 saturated heterocycles. The van der Waals surface area contributed by atoms with Crippen LogP contribution >= 0.6 is 0 Å². The molecule has 0 radical (unpaired) electrons. The topological polar surface area (TPSA) is 37.8 Å². The Hall–Kier alpha value is -1.48. The minimum Gasteiger partial charge on any atom is -0.316 e. The Bertz CT molecular complexity index is 494. The van der Waals surface area contributed by atoms with Gasteiger partial charge in [0.1, 0.15) is 0 Å². The number of hydrogen-bond donors (Lipinski definition) is 1. The lowest BCUT2D eigenvalue weighted by molar-refractivity contribution is 0.421. The van der Waals surface area contributed by atoms with Crippen LogP contribution in [0.5, 0.6) is 0 Å². The number of likely N-dealkylation sites (N-methyl/N-ethyl adjacent to an activating group) is 1. The Morgan fingerprint density at radius 2 is 1.88 bits per heavy atom. The third-order valence-electron chi connectivity index (χ3n) is 3.10. The molecule has 0 amide bonds. The molecule has 1 unspecified atom stereocenters. The number of fused-ring (bicyclic) bond motifs is 1. The van der Waals surface area contributed by atoms with Gasteiger partial charge in [-0.1, -0.05) is 26.0 Å². The summed E-state index contributed by atoms with van der Waals surface area (Å²) in [6.07, 6.45) is 2.81. The van der Waals surface area contributed by atoms with Gasteiger partial charge in [-0.3, -0.25) is 4.98 Å². The zero-order valence-electron chi connectivity index (χ0n) is 10.6. The molecule has 0 spiro atoms.